The van der Waals surface area contributed by atoms with Crippen LogP contribution >= 0.6 is 0 Å². The molecule has 0 aromatic carbocycles. The molecule has 0 spiro atoms. The molecule has 0 amide bonds. The number of ketones is 2. The summed E-state index contributed by atoms with van der Waals surface area (Å²) in [5.74, 6) is 2.72. The summed E-state index contributed by atoms with van der Waals surface area (Å²) in [6, 6.07) is 0. The SMILES string of the molecule is CC(=O)C1CC[C@]2(C(C)=O)CC[C@]3(C)C(CCC4[C@@]5(C)CC[C@H](O)C(C)(C)C5CC[C@]43C)C12. The van der Waals surface area contributed by atoms with Crippen molar-refractivity contribution < 1.29 is 14.7 Å². The zero-order chi connectivity index (χ0) is 24.2. The molecule has 0 bridgehead atoms. The number of aliphatic hydroxyl groups excluding tert-OH is 1. The molecule has 5 unspecified atom stereocenters. The molecule has 0 radical (unpaired) electrons. The van der Waals surface area contributed by atoms with Crippen molar-refractivity contribution in [2.24, 2.45) is 56.7 Å². The number of aliphatic hydroxyl groups is 1. The summed E-state index contributed by atoms with van der Waals surface area (Å²) in [6.45, 7) is 15.9. The highest BCUT2D eigenvalue weighted by Crippen LogP contribution is 2.77. The second kappa shape index (κ2) is 7.17. The lowest BCUT2D eigenvalue weighted by Gasteiger charge is -2.72. The number of rotatable bonds is 2. The quantitative estimate of drug-likeness (QED) is 0.509. The molecule has 0 heterocycles. The van der Waals surface area contributed by atoms with E-state index < -0.39 is 0 Å². The molecule has 5 fully saturated rings. The number of carbonyl (C=O) groups excluding carboxylic acids is 2. The number of hydrogen-bond acceptors (Lipinski definition) is 3. The van der Waals surface area contributed by atoms with E-state index in [1.54, 1.807) is 6.92 Å². The molecule has 0 aromatic heterocycles. The number of hydrogen-bond donors (Lipinski definition) is 1. The van der Waals surface area contributed by atoms with Crippen LogP contribution < -0.4 is 0 Å². The molecular weight excluding hydrogens is 408 g/mol. The first-order valence-corrected chi connectivity index (χ1v) is 14.0. The van der Waals surface area contributed by atoms with E-state index in [1.807, 2.05) is 6.92 Å². The van der Waals surface area contributed by atoms with E-state index in [0.29, 0.717) is 29.3 Å². The second-order valence-corrected chi connectivity index (χ2v) is 14.5. The molecule has 5 aliphatic carbocycles. The van der Waals surface area contributed by atoms with E-state index in [1.165, 1.54) is 25.7 Å². The summed E-state index contributed by atoms with van der Waals surface area (Å²) in [5.41, 5.74) is 0.433. The lowest BCUT2D eigenvalue weighted by atomic mass is 9.32. The maximum Gasteiger partial charge on any atom is 0.136 e. The normalized spacial score (nSPS) is 55.0. The Morgan fingerprint density at radius 2 is 1.42 bits per heavy atom. The molecule has 10 atom stereocenters. The van der Waals surface area contributed by atoms with Crippen molar-refractivity contribution in [3.63, 3.8) is 0 Å². The van der Waals surface area contributed by atoms with Gasteiger partial charge in [0.25, 0.3) is 0 Å². The van der Waals surface area contributed by atoms with Gasteiger partial charge in [0, 0.05) is 11.3 Å². The van der Waals surface area contributed by atoms with Gasteiger partial charge in [-0.2, -0.15) is 0 Å². The average Bonchev–Trinajstić information content (AvgIpc) is 3.13. The summed E-state index contributed by atoms with van der Waals surface area (Å²) in [7, 11) is 0. The van der Waals surface area contributed by atoms with Crippen molar-refractivity contribution >= 4 is 11.6 Å². The van der Waals surface area contributed by atoms with Gasteiger partial charge in [0.15, 0.2) is 0 Å². The van der Waals surface area contributed by atoms with Crippen LogP contribution in [0, 0.1) is 56.7 Å². The smallest absolute Gasteiger partial charge is 0.136 e. The Morgan fingerprint density at radius 1 is 0.727 bits per heavy atom. The zero-order valence-corrected chi connectivity index (χ0v) is 22.3. The summed E-state index contributed by atoms with van der Waals surface area (Å²) >= 11 is 0. The average molecular weight is 457 g/mol. The minimum absolute atomic E-state index is 0.0202. The maximum absolute atomic E-state index is 13.1. The Morgan fingerprint density at radius 3 is 2.06 bits per heavy atom. The second-order valence-electron chi connectivity index (χ2n) is 14.5. The van der Waals surface area contributed by atoms with Crippen LogP contribution in [0.1, 0.15) is 113 Å². The predicted octanol–water partition coefficient (Wildman–Crippen LogP) is 6.61. The Kier molecular flexibility index (Phi) is 5.22. The highest BCUT2D eigenvalue weighted by atomic mass is 16.3. The highest BCUT2D eigenvalue weighted by Gasteiger charge is 2.71. The van der Waals surface area contributed by atoms with Gasteiger partial charge < -0.3 is 5.11 Å². The Bertz CT molecular complexity index is 861. The third-order valence-electron chi connectivity index (χ3n) is 13.6. The number of fused-ring (bicyclic) bond motifs is 7. The molecule has 0 aromatic rings. The van der Waals surface area contributed by atoms with Crippen molar-refractivity contribution in [1.29, 1.82) is 0 Å². The molecule has 0 aliphatic heterocycles. The molecule has 5 rings (SSSR count). The van der Waals surface area contributed by atoms with Gasteiger partial charge in [-0.25, -0.2) is 0 Å². The monoisotopic (exact) mass is 456 g/mol. The van der Waals surface area contributed by atoms with E-state index in [0.717, 1.165) is 38.5 Å². The maximum atomic E-state index is 13.1. The molecular formula is C30H48O3. The van der Waals surface area contributed by atoms with Gasteiger partial charge in [-0.05, 0) is 123 Å². The number of Topliss-reactive ketones (excluding diaryl/α,β-unsaturated/α-hetero) is 2. The first-order chi connectivity index (χ1) is 15.3. The Hall–Kier alpha value is -0.700. The van der Waals surface area contributed by atoms with Crippen LogP contribution in [0.4, 0.5) is 0 Å². The van der Waals surface area contributed by atoms with Crippen molar-refractivity contribution in [3.05, 3.63) is 0 Å². The Labute approximate surface area is 201 Å². The van der Waals surface area contributed by atoms with Gasteiger partial charge >= 0.3 is 0 Å². The topological polar surface area (TPSA) is 54.4 Å². The fourth-order valence-corrected chi connectivity index (χ4v) is 11.6. The predicted molar refractivity (Wildman–Crippen MR) is 132 cm³/mol. The van der Waals surface area contributed by atoms with Gasteiger partial charge in [-0.3, -0.25) is 9.59 Å². The fourth-order valence-electron chi connectivity index (χ4n) is 11.6. The van der Waals surface area contributed by atoms with Gasteiger partial charge in [0.2, 0.25) is 0 Å². The van der Waals surface area contributed by atoms with Crippen LogP contribution in [0.25, 0.3) is 0 Å². The molecule has 3 heteroatoms. The van der Waals surface area contributed by atoms with E-state index in [9.17, 15) is 14.7 Å². The fraction of sp³-hybridized carbons (Fsp3) is 0.933. The standard InChI is InChI=1S/C30H48O3/c1-18(31)20-10-15-30(19(2)32)17-16-28(6)21(25(20)30)8-9-23-27(5)13-12-24(33)26(3,4)22(27)11-14-29(23,28)7/h20-25,33H,8-17H2,1-7H3/t20?,21?,22?,23?,24-,25?,27-,28+,29+,30+/m0/s1. The lowest BCUT2D eigenvalue weighted by molar-refractivity contribution is -0.246. The molecule has 3 nitrogen and oxygen atoms in total. The lowest BCUT2D eigenvalue weighted by Crippen LogP contribution is -2.67. The van der Waals surface area contributed by atoms with E-state index in [4.69, 9.17) is 0 Å². The van der Waals surface area contributed by atoms with Gasteiger partial charge in [-0.15, -0.1) is 0 Å². The Balaban J connectivity index is 1.57. The first kappa shape index (κ1) is 24.0. The zero-order valence-electron chi connectivity index (χ0n) is 22.3. The van der Waals surface area contributed by atoms with E-state index in [-0.39, 0.29) is 45.0 Å². The van der Waals surface area contributed by atoms with Crippen LogP contribution in [0.3, 0.4) is 0 Å². The van der Waals surface area contributed by atoms with Gasteiger partial charge in [0.05, 0.1) is 6.10 Å². The first-order valence-electron chi connectivity index (χ1n) is 14.0. The van der Waals surface area contributed by atoms with Gasteiger partial charge in [-0.1, -0.05) is 34.6 Å². The van der Waals surface area contributed by atoms with Crippen LogP contribution in [0.5, 0.6) is 0 Å². The minimum Gasteiger partial charge on any atom is -0.393 e. The minimum atomic E-state index is -0.248. The summed E-state index contributed by atoms with van der Waals surface area (Å²) in [6.07, 6.45) is 10.7. The van der Waals surface area contributed by atoms with Crippen LogP contribution in [0.2, 0.25) is 0 Å². The highest BCUT2D eigenvalue weighted by molar-refractivity contribution is 5.86. The molecule has 5 aliphatic rings. The van der Waals surface area contributed by atoms with Crippen molar-refractivity contribution in [2.45, 2.75) is 119 Å². The van der Waals surface area contributed by atoms with E-state index >= 15 is 0 Å². The van der Waals surface area contributed by atoms with E-state index in [2.05, 4.69) is 34.6 Å². The summed E-state index contributed by atoms with van der Waals surface area (Å²) < 4.78 is 0. The third-order valence-corrected chi connectivity index (χ3v) is 13.6. The molecule has 0 saturated heterocycles. The molecule has 33 heavy (non-hydrogen) atoms. The molecule has 186 valence electrons. The third kappa shape index (κ3) is 2.78. The van der Waals surface area contributed by atoms with Crippen molar-refractivity contribution in [2.75, 3.05) is 0 Å². The summed E-state index contributed by atoms with van der Waals surface area (Å²) in [5, 5.41) is 10.9. The molecule has 1 N–H and O–H groups in total. The largest absolute Gasteiger partial charge is 0.393 e. The van der Waals surface area contributed by atoms with Crippen LogP contribution in [-0.4, -0.2) is 22.8 Å². The summed E-state index contributed by atoms with van der Waals surface area (Å²) in [4.78, 5) is 25.9. The molecule has 5 saturated carbocycles. The van der Waals surface area contributed by atoms with Gasteiger partial charge in [0.1, 0.15) is 11.6 Å². The van der Waals surface area contributed by atoms with Crippen molar-refractivity contribution in [1.82, 2.24) is 0 Å². The number of carbonyl (C=O) groups is 2. The van der Waals surface area contributed by atoms with Crippen LogP contribution in [0.15, 0.2) is 0 Å². The van der Waals surface area contributed by atoms with Crippen molar-refractivity contribution in [3.8, 4) is 0 Å². The van der Waals surface area contributed by atoms with Crippen LogP contribution in [-0.2, 0) is 9.59 Å².